The van der Waals surface area contributed by atoms with E-state index in [2.05, 4.69) is 34.7 Å². The summed E-state index contributed by atoms with van der Waals surface area (Å²) in [5.74, 6) is 0.621. The normalized spacial score (nSPS) is 10.9. The van der Waals surface area contributed by atoms with Crippen LogP contribution in [0.25, 0.3) is 5.69 Å². The minimum Gasteiger partial charge on any atom is -0.508 e. The summed E-state index contributed by atoms with van der Waals surface area (Å²) in [4.78, 5) is 12.2. The van der Waals surface area contributed by atoms with Gasteiger partial charge in [-0.2, -0.15) is 4.68 Å². The van der Waals surface area contributed by atoms with Gasteiger partial charge in [-0.25, -0.2) is 0 Å². The second-order valence-electron chi connectivity index (χ2n) is 6.01. The van der Waals surface area contributed by atoms with Gasteiger partial charge in [0, 0.05) is 5.69 Å². The van der Waals surface area contributed by atoms with Crippen molar-refractivity contribution in [3.63, 3.8) is 0 Å². The van der Waals surface area contributed by atoms with Crippen molar-refractivity contribution in [1.29, 1.82) is 0 Å². The van der Waals surface area contributed by atoms with Crippen LogP contribution in [0.1, 0.15) is 25.3 Å². The fourth-order valence-corrected chi connectivity index (χ4v) is 3.02. The van der Waals surface area contributed by atoms with Gasteiger partial charge in [0.15, 0.2) is 0 Å². The van der Waals surface area contributed by atoms with E-state index in [0.717, 1.165) is 5.69 Å². The molecule has 3 rings (SSSR count). The molecule has 1 heterocycles. The Kier molecular flexibility index (Phi) is 5.52. The van der Waals surface area contributed by atoms with Crippen LogP contribution in [0.3, 0.4) is 0 Å². The number of aromatic nitrogens is 4. The summed E-state index contributed by atoms with van der Waals surface area (Å²) in [6.45, 7) is 4.22. The molecule has 0 radical (unpaired) electrons. The number of nitrogens with zero attached hydrogens (tertiary/aromatic N) is 4. The van der Waals surface area contributed by atoms with Crippen LogP contribution in [-0.2, 0) is 4.79 Å². The molecule has 134 valence electrons. The third kappa shape index (κ3) is 4.40. The van der Waals surface area contributed by atoms with E-state index < -0.39 is 0 Å². The maximum atomic E-state index is 12.2. The number of amides is 1. The molecule has 0 aliphatic heterocycles. The highest BCUT2D eigenvalue weighted by Gasteiger charge is 2.12. The molecule has 1 amide bonds. The summed E-state index contributed by atoms with van der Waals surface area (Å²) < 4.78 is 1.52. The third-order valence-corrected chi connectivity index (χ3v) is 4.62. The summed E-state index contributed by atoms with van der Waals surface area (Å²) in [5, 5.41) is 24.3. The van der Waals surface area contributed by atoms with Gasteiger partial charge in [0.25, 0.3) is 0 Å². The monoisotopic (exact) mass is 369 g/mol. The second-order valence-corrected chi connectivity index (χ2v) is 6.95. The summed E-state index contributed by atoms with van der Waals surface area (Å²) >= 11 is 1.24. The molecule has 0 spiro atoms. The molecular weight excluding hydrogens is 350 g/mol. The van der Waals surface area contributed by atoms with Crippen molar-refractivity contribution >= 4 is 23.4 Å². The summed E-state index contributed by atoms with van der Waals surface area (Å²) in [6, 6.07) is 14.3. The van der Waals surface area contributed by atoms with E-state index in [4.69, 9.17) is 0 Å². The van der Waals surface area contributed by atoms with E-state index in [0.29, 0.717) is 16.8 Å². The molecule has 2 aromatic carbocycles. The maximum Gasteiger partial charge on any atom is 0.234 e. The van der Waals surface area contributed by atoms with Crippen LogP contribution in [-0.4, -0.2) is 37.0 Å². The quantitative estimate of drug-likeness (QED) is 0.648. The number of nitrogens with one attached hydrogen (secondary N) is 1. The smallest absolute Gasteiger partial charge is 0.234 e. The van der Waals surface area contributed by atoms with Gasteiger partial charge < -0.3 is 10.4 Å². The lowest BCUT2D eigenvalue weighted by atomic mass is 10.0. The highest BCUT2D eigenvalue weighted by atomic mass is 32.2. The lowest BCUT2D eigenvalue weighted by molar-refractivity contribution is -0.113. The van der Waals surface area contributed by atoms with Crippen molar-refractivity contribution in [2.24, 2.45) is 0 Å². The zero-order chi connectivity index (χ0) is 18.5. The van der Waals surface area contributed by atoms with Gasteiger partial charge in [-0.3, -0.25) is 4.79 Å². The van der Waals surface area contributed by atoms with E-state index in [1.54, 1.807) is 24.3 Å². The Morgan fingerprint density at radius 1 is 1.23 bits per heavy atom. The van der Waals surface area contributed by atoms with E-state index >= 15 is 0 Å². The maximum absolute atomic E-state index is 12.2. The van der Waals surface area contributed by atoms with E-state index in [9.17, 15) is 9.90 Å². The molecule has 0 unspecified atom stereocenters. The Labute approximate surface area is 155 Å². The molecule has 26 heavy (non-hydrogen) atoms. The minimum absolute atomic E-state index is 0.129. The van der Waals surface area contributed by atoms with E-state index in [1.165, 1.54) is 22.0 Å². The Morgan fingerprint density at radius 2 is 2.00 bits per heavy atom. The Hall–Kier alpha value is -2.87. The first-order valence-corrected chi connectivity index (χ1v) is 9.12. The van der Waals surface area contributed by atoms with Crippen molar-refractivity contribution in [3.8, 4) is 11.4 Å². The molecule has 0 aliphatic carbocycles. The Balaban J connectivity index is 1.63. The average molecular weight is 369 g/mol. The van der Waals surface area contributed by atoms with E-state index in [1.807, 2.05) is 24.3 Å². The second kappa shape index (κ2) is 8.01. The zero-order valence-electron chi connectivity index (χ0n) is 14.5. The van der Waals surface area contributed by atoms with Crippen molar-refractivity contribution in [3.05, 3.63) is 54.1 Å². The first-order valence-electron chi connectivity index (χ1n) is 8.13. The van der Waals surface area contributed by atoms with Gasteiger partial charge in [-0.05, 0) is 58.3 Å². The summed E-state index contributed by atoms with van der Waals surface area (Å²) in [7, 11) is 0. The topological polar surface area (TPSA) is 92.9 Å². The fourth-order valence-electron chi connectivity index (χ4n) is 2.33. The number of benzene rings is 2. The van der Waals surface area contributed by atoms with Crippen LogP contribution in [0.2, 0.25) is 0 Å². The molecular formula is C18H19N5O2S. The standard InChI is InChI=1S/C18H19N5O2S/c1-12(2)13-4-3-5-14(10-13)19-17(25)11-26-18-20-21-22-23(18)15-6-8-16(24)9-7-15/h3-10,12,24H,11H2,1-2H3,(H,19,25). The number of anilines is 1. The number of aromatic hydroxyl groups is 1. The number of hydrogen-bond donors (Lipinski definition) is 2. The predicted molar refractivity (Wildman–Crippen MR) is 101 cm³/mol. The molecule has 0 atom stereocenters. The fraction of sp³-hybridized carbons (Fsp3) is 0.222. The largest absolute Gasteiger partial charge is 0.508 e. The number of thioether (sulfide) groups is 1. The van der Waals surface area contributed by atoms with Crippen molar-refractivity contribution in [2.45, 2.75) is 24.9 Å². The number of phenols is 1. The van der Waals surface area contributed by atoms with Crippen LogP contribution in [0, 0.1) is 0 Å². The Bertz CT molecular complexity index is 893. The summed E-state index contributed by atoms with van der Waals surface area (Å²) in [5.41, 5.74) is 2.66. The molecule has 0 bridgehead atoms. The number of hydrogen-bond acceptors (Lipinski definition) is 6. The van der Waals surface area contributed by atoms with Crippen LogP contribution in [0.15, 0.2) is 53.7 Å². The summed E-state index contributed by atoms with van der Waals surface area (Å²) in [6.07, 6.45) is 0. The number of carbonyl (C=O) groups excluding carboxylic acids is 1. The first kappa shape index (κ1) is 17.9. The first-order chi connectivity index (χ1) is 12.5. The van der Waals surface area contributed by atoms with Gasteiger partial charge in [0.05, 0.1) is 11.4 Å². The van der Waals surface area contributed by atoms with Gasteiger partial charge in [-0.15, -0.1) is 5.10 Å². The highest BCUT2D eigenvalue weighted by molar-refractivity contribution is 7.99. The van der Waals surface area contributed by atoms with Gasteiger partial charge in [0.1, 0.15) is 5.75 Å². The molecule has 0 aliphatic rings. The van der Waals surface area contributed by atoms with Crippen LogP contribution in [0.4, 0.5) is 5.69 Å². The van der Waals surface area contributed by atoms with Crippen molar-refractivity contribution < 1.29 is 9.90 Å². The lowest BCUT2D eigenvalue weighted by Gasteiger charge is -2.09. The average Bonchev–Trinajstić information content (AvgIpc) is 3.09. The number of tetrazole rings is 1. The van der Waals surface area contributed by atoms with Crippen LogP contribution < -0.4 is 5.32 Å². The third-order valence-electron chi connectivity index (χ3n) is 3.70. The van der Waals surface area contributed by atoms with E-state index in [-0.39, 0.29) is 17.4 Å². The molecule has 0 fully saturated rings. The van der Waals surface area contributed by atoms with Gasteiger partial charge in [-0.1, -0.05) is 37.7 Å². The highest BCUT2D eigenvalue weighted by Crippen LogP contribution is 2.21. The zero-order valence-corrected chi connectivity index (χ0v) is 15.3. The number of carbonyl (C=O) groups is 1. The number of phenolic OH excluding ortho intramolecular Hbond substituents is 1. The minimum atomic E-state index is -0.129. The van der Waals surface area contributed by atoms with Gasteiger partial charge in [0.2, 0.25) is 11.1 Å². The van der Waals surface area contributed by atoms with Crippen LogP contribution in [0.5, 0.6) is 5.75 Å². The molecule has 3 aromatic rings. The predicted octanol–water partition coefficient (Wildman–Crippen LogP) is 3.22. The number of rotatable bonds is 6. The van der Waals surface area contributed by atoms with Crippen molar-refractivity contribution in [1.82, 2.24) is 20.2 Å². The lowest BCUT2D eigenvalue weighted by Crippen LogP contribution is -2.14. The van der Waals surface area contributed by atoms with Gasteiger partial charge >= 0.3 is 0 Å². The molecule has 0 saturated carbocycles. The molecule has 1 aromatic heterocycles. The van der Waals surface area contributed by atoms with Crippen LogP contribution >= 0.6 is 11.8 Å². The van der Waals surface area contributed by atoms with Crippen molar-refractivity contribution in [2.75, 3.05) is 11.1 Å². The Morgan fingerprint density at radius 3 is 2.73 bits per heavy atom. The molecule has 0 saturated heterocycles. The molecule has 8 heteroatoms. The molecule has 2 N–H and O–H groups in total. The molecule has 7 nitrogen and oxygen atoms in total. The SMILES string of the molecule is CC(C)c1cccc(NC(=O)CSc2nnnn2-c2ccc(O)cc2)c1.